The van der Waals surface area contributed by atoms with Crippen molar-refractivity contribution in [2.45, 2.75) is 13.8 Å². The summed E-state index contributed by atoms with van der Waals surface area (Å²) in [6.07, 6.45) is 0. The van der Waals surface area contributed by atoms with E-state index in [0.717, 1.165) is 0 Å². The quantitative estimate of drug-likeness (QED) is 0.459. The van der Waals surface area contributed by atoms with Crippen LogP contribution in [0.25, 0.3) is 0 Å². The summed E-state index contributed by atoms with van der Waals surface area (Å²) in [6, 6.07) is 0. The molecule has 0 spiro atoms. The maximum Gasteiger partial charge on any atom is 0.0555 e. The maximum atomic E-state index is 8.15. The van der Waals surface area contributed by atoms with Crippen LogP contribution in [0.15, 0.2) is 0 Å². The van der Waals surface area contributed by atoms with Crippen LogP contribution >= 0.6 is 0 Å². The van der Waals surface area contributed by atoms with Gasteiger partial charge in [-0.2, -0.15) is 0 Å². The first kappa shape index (κ1) is 11.6. The first-order chi connectivity index (χ1) is 4.41. The van der Waals surface area contributed by atoms with Crippen LogP contribution in [0.5, 0.6) is 0 Å². The van der Waals surface area contributed by atoms with Gasteiger partial charge in [0.25, 0.3) is 0 Å². The molecule has 0 fully saturated rings. The lowest BCUT2D eigenvalue weighted by Crippen LogP contribution is -2.21. The van der Waals surface area contributed by atoms with E-state index in [-0.39, 0.29) is 13.2 Å². The summed E-state index contributed by atoms with van der Waals surface area (Å²) in [4.78, 5) is 0. The summed E-state index contributed by atoms with van der Waals surface area (Å²) in [5.74, 6) is 0. The summed E-state index contributed by atoms with van der Waals surface area (Å²) in [5, 5.41) is 19.1. The average Bonchev–Trinajstić information content (AvgIpc) is 1.94. The summed E-state index contributed by atoms with van der Waals surface area (Å²) < 4.78 is 0. The number of hydrogen-bond acceptors (Lipinski definition) is 3. The van der Waals surface area contributed by atoms with Gasteiger partial charge in [-0.05, 0) is 0 Å². The normalized spacial score (nSPS) is 8.00. The molecule has 0 amide bonds. The van der Waals surface area contributed by atoms with Crippen molar-refractivity contribution < 1.29 is 10.2 Å². The Labute approximate surface area is 56.7 Å². The molecule has 0 unspecified atom stereocenters. The van der Waals surface area contributed by atoms with Crippen molar-refractivity contribution in [2.24, 2.45) is 0 Å². The summed E-state index contributed by atoms with van der Waals surface area (Å²) in [5.41, 5.74) is 0. The standard InChI is InChI=1S/C4H11NO2.C2H6/c6-3-1-5-2-4-7;1-2/h5-7H,1-4H2;1-2H3. The molecule has 58 valence electrons. The Morgan fingerprint density at radius 1 is 1.00 bits per heavy atom. The fourth-order valence-electron chi connectivity index (χ4n) is 0.283. The highest BCUT2D eigenvalue weighted by molar-refractivity contribution is 4.39. The van der Waals surface area contributed by atoms with Gasteiger partial charge in [0, 0.05) is 13.1 Å². The monoisotopic (exact) mass is 135 g/mol. The molecule has 0 aromatic carbocycles. The molecule has 0 saturated heterocycles. The molecule has 3 heteroatoms. The van der Waals surface area contributed by atoms with Crippen molar-refractivity contribution in [3.8, 4) is 0 Å². The predicted molar refractivity (Wildman–Crippen MR) is 38.4 cm³/mol. The molecule has 3 nitrogen and oxygen atoms in total. The Hall–Kier alpha value is -0.120. The molecule has 0 atom stereocenters. The van der Waals surface area contributed by atoms with E-state index < -0.39 is 0 Å². The van der Waals surface area contributed by atoms with Crippen molar-refractivity contribution in [1.29, 1.82) is 0 Å². The number of hydrogen-bond donors (Lipinski definition) is 3. The molecule has 0 aliphatic heterocycles. The van der Waals surface area contributed by atoms with Crippen molar-refractivity contribution in [3.05, 3.63) is 0 Å². The van der Waals surface area contributed by atoms with E-state index in [4.69, 9.17) is 10.2 Å². The second-order valence-electron chi connectivity index (χ2n) is 1.20. The molecule has 0 saturated carbocycles. The van der Waals surface area contributed by atoms with E-state index in [1.807, 2.05) is 13.8 Å². The van der Waals surface area contributed by atoms with Gasteiger partial charge in [-0.15, -0.1) is 0 Å². The minimum absolute atomic E-state index is 0.139. The summed E-state index contributed by atoms with van der Waals surface area (Å²) in [7, 11) is 0. The highest BCUT2D eigenvalue weighted by atomic mass is 16.3. The zero-order valence-corrected chi connectivity index (χ0v) is 6.22. The Morgan fingerprint density at radius 2 is 1.33 bits per heavy atom. The van der Waals surface area contributed by atoms with Crippen molar-refractivity contribution in [2.75, 3.05) is 26.3 Å². The van der Waals surface area contributed by atoms with Gasteiger partial charge in [-0.25, -0.2) is 0 Å². The van der Waals surface area contributed by atoms with Gasteiger partial charge >= 0.3 is 0 Å². The van der Waals surface area contributed by atoms with Gasteiger partial charge in [-0.3, -0.25) is 0 Å². The summed E-state index contributed by atoms with van der Waals surface area (Å²) >= 11 is 0. The third-order valence-corrected chi connectivity index (χ3v) is 0.577. The fourth-order valence-corrected chi connectivity index (χ4v) is 0.283. The molecular formula is C6H17NO2. The number of aliphatic hydroxyl groups is 2. The van der Waals surface area contributed by atoms with E-state index in [2.05, 4.69) is 5.32 Å². The zero-order valence-electron chi connectivity index (χ0n) is 6.22. The smallest absolute Gasteiger partial charge is 0.0555 e. The molecule has 0 aliphatic carbocycles. The highest BCUT2D eigenvalue weighted by Gasteiger charge is 1.78. The Morgan fingerprint density at radius 3 is 1.56 bits per heavy atom. The Bertz CT molecular complexity index is 30.2. The number of rotatable bonds is 4. The summed E-state index contributed by atoms with van der Waals surface area (Å²) in [6.45, 7) is 5.42. The van der Waals surface area contributed by atoms with Crippen LogP contribution in [0.1, 0.15) is 13.8 Å². The SMILES string of the molecule is CC.OCCNCCO. The van der Waals surface area contributed by atoms with E-state index in [1.165, 1.54) is 0 Å². The van der Waals surface area contributed by atoms with E-state index >= 15 is 0 Å². The zero-order chi connectivity index (χ0) is 7.54. The second kappa shape index (κ2) is 15.7. The first-order valence-electron chi connectivity index (χ1n) is 3.34. The third-order valence-electron chi connectivity index (χ3n) is 0.577. The minimum Gasteiger partial charge on any atom is -0.395 e. The van der Waals surface area contributed by atoms with Crippen molar-refractivity contribution in [3.63, 3.8) is 0 Å². The van der Waals surface area contributed by atoms with E-state index in [0.29, 0.717) is 13.1 Å². The molecule has 0 aromatic rings. The first-order valence-corrected chi connectivity index (χ1v) is 3.34. The lowest BCUT2D eigenvalue weighted by molar-refractivity contribution is 0.267. The number of aliphatic hydroxyl groups excluding tert-OH is 2. The fraction of sp³-hybridized carbons (Fsp3) is 1.00. The third kappa shape index (κ3) is 18.1. The lowest BCUT2D eigenvalue weighted by atomic mass is 10.6. The molecule has 0 aliphatic rings. The van der Waals surface area contributed by atoms with Gasteiger partial charge in [-0.1, -0.05) is 13.8 Å². The molecule has 0 aromatic heterocycles. The van der Waals surface area contributed by atoms with Crippen LogP contribution in [0.4, 0.5) is 0 Å². The maximum absolute atomic E-state index is 8.15. The molecular weight excluding hydrogens is 118 g/mol. The molecule has 3 N–H and O–H groups in total. The molecule has 0 rings (SSSR count). The Balaban J connectivity index is 0. The van der Waals surface area contributed by atoms with Gasteiger partial charge in [0.2, 0.25) is 0 Å². The van der Waals surface area contributed by atoms with Crippen LogP contribution in [0.2, 0.25) is 0 Å². The Kier molecular flexibility index (Phi) is 20.3. The highest BCUT2D eigenvalue weighted by Crippen LogP contribution is 1.54. The average molecular weight is 135 g/mol. The van der Waals surface area contributed by atoms with Gasteiger partial charge in [0.15, 0.2) is 0 Å². The van der Waals surface area contributed by atoms with Crippen LogP contribution in [-0.4, -0.2) is 36.5 Å². The minimum atomic E-state index is 0.139. The van der Waals surface area contributed by atoms with Crippen LogP contribution in [0, 0.1) is 0 Å². The largest absolute Gasteiger partial charge is 0.395 e. The second-order valence-corrected chi connectivity index (χ2v) is 1.20. The van der Waals surface area contributed by atoms with Crippen LogP contribution in [-0.2, 0) is 0 Å². The lowest BCUT2D eigenvalue weighted by Gasteiger charge is -1.94. The number of nitrogens with one attached hydrogen (secondary N) is 1. The van der Waals surface area contributed by atoms with Crippen LogP contribution < -0.4 is 5.32 Å². The molecule has 0 bridgehead atoms. The van der Waals surface area contributed by atoms with Gasteiger partial charge in [0.05, 0.1) is 13.2 Å². The topological polar surface area (TPSA) is 52.5 Å². The predicted octanol–water partition coefficient (Wildman–Crippen LogP) is -0.413. The van der Waals surface area contributed by atoms with E-state index in [1.54, 1.807) is 0 Å². The van der Waals surface area contributed by atoms with Crippen molar-refractivity contribution >= 4 is 0 Å². The van der Waals surface area contributed by atoms with Crippen LogP contribution in [0.3, 0.4) is 0 Å². The molecule has 9 heavy (non-hydrogen) atoms. The molecule has 0 heterocycles. The van der Waals surface area contributed by atoms with Gasteiger partial charge in [0.1, 0.15) is 0 Å². The molecule has 0 radical (unpaired) electrons. The van der Waals surface area contributed by atoms with E-state index in [9.17, 15) is 0 Å². The van der Waals surface area contributed by atoms with Crippen molar-refractivity contribution in [1.82, 2.24) is 5.32 Å². The van der Waals surface area contributed by atoms with Gasteiger partial charge < -0.3 is 15.5 Å².